The van der Waals surface area contributed by atoms with Gasteiger partial charge in [0.2, 0.25) is 0 Å². The fraction of sp³-hybridized carbons (Fsp3) is 0.300. The van der Waals surface area contributed by atoms with Crippen molar-refractivity contribution in [2.24, 2.45) is 0 Å². The van der Waals surface area contributed by atoms with Crippen LogP contribution in [0, 0.1) is 11.3 Å². The fourth-order valence-electron chi connectivity index (χ4n) is 1.22. The van der Waals surface area contributed by atoms with E-state index in [4.69, 9.17) is 22.0 Å². The van der Waals surface area contributed by atoms with Gasteiger partial charge in [0.1, 0.15) is 0 Å². The summed E-state index contributed by atoms with van der Waals surface area (Å²) in [4.78, 5) is 0. The average Bonchev–Trinajstić information content (AvgIpc) is 2.22. The van der Waals surface area contributed by atoms with Crippen molar-refractivity contribution in [1.82, 2.24) is 5.32 Å². The van der Waals surface area contributed by atoms with Crippen molar-refractivity contribution in [3.63, 3.8) is 0 Å². The first kappa shape index (κ1) is 11.0. The molecule has 0 amide bonds. The Morgan fingerprint density at radius 3 is 2.79 bits per heavy atom. The molecule has 1 aromatic carbocycles. The molecular formula is C10H11ClN2O. The Morgan fingerprint density at radius 1 is 1.64 bits per heavy atom. The third-order valence-corrected chi connectivity index (χ3v) is 2.36. The highest BCUT2D eigenvalue weighted by Crippen LogP contribution is 2.23. The lowest BCUT2D eigenvalue weighted by Gasteiger charge is -2.14. The number of nitrogens with one attached hydrogen (secondary N) is 1. The maximum absolute atomic E-state index is 9.04. The maximum Gasteiger partial charge on any atom is 0.0992 e. The van der Waals surface area contributed by atoms with E-state index in [0.29, 0.717) is 10.6 Å². The quantitative estimate of drug-likeness (QED) is 0.795. The zero-order valence-corrected chi connectivity index (χ0v) is 8.54. The number of nitriles is 1. The molecule has 74 valence electrons. The van der Waals surface area contributed by atoms with Gasteiger partial charge < -0.3 is 10.4 Å². The Morgan fingerprint density at radius 2 is 2.36 bits per heavy atom. The molecule has 14 heavy (non-hydrogen) atoms. The van der Waals surface area contributed by atoms with Crippen molar-refractivity contribution in [3.8, 4) is 6.07 Å². The lowest BCUT2D eigenvalue weighted by Crippen LogP contribution is -2.20. The van der Waals surface area contributed by atoms with Crippen LogP contribution in [0.1, 0.15) is 17.2 Å². The molecule has 0 unspecified atom stereocenters. The molecular weight excluding hydrogens is 200 g/mol. The number of rotatable bonds is 3. The monoisotopic (exact) mass is 210 g/mol. The summed E-state index contributed by atoms with van der Waals surface area (Å²) in [5, 5.41) is 21.1. The molecule has 0 heterocycles. The molecule has 0 saturated heterocycles. The molecule has 0 aliphatic rings. The first-order valence-electron chi connectivity index (χ1n) is 4.20. The second-order valence-corrected chi connectivity index (χ2v) is 3.28. The van der Waals surface area contributed by atoms with Gasteiger partial charge in [-0.3, -0.25) is 0 Å². The number of hydrogen-bond donors (Lipinski definition) is 2. The van der Waals surface area contributed by atoms with Crippen LogP contribution in [0.5, 0.6) is 0 Å². The summed E-state index contributed by atoms with van der Waals surface area (Å²) in [5.41, 5.74) is 1.32. The van der Waals surface area contributed by atoms with Crippen LogP contribution in [0.25, 0.3) is 0 Å². The summed E-state index contributed by atoms with van der Waals surface area (Å²) in [5.74, 6) is 0. The third-order valence-electron chi connectivity index (χ3n) is 2.04. The smallest absolute Gasteiger partial charge is 0.0992 e. The molecule has 0 radical (unpaired) electrons. The van der Waals surface area contributed by atoms with Gasteiger partial charge in [0, 0.05) is 5.02 Å². The molecule has 0 saturated carbocycles. The highest BCUT2D eigenvalue weighted by molar-refractivity contribution is 6.31. The zero-order valence-electron chi connectivity index (χ0n) is 7.79. The molecule has 0 fully saturated rings. The minimum absolute atomic E-state index is 0.0257. The average molecular weight is 211 g/mol. The van der Waals surface area contributed by atoms with Gasteiger partial charge in [0.25, 0.3) is 0 Å². The van der Waals surface area contributed by atoms with Gasteiger partial charge in [0.15, 0.2) is 0 Å². The standard InChI is InChI=1S/C10H11ClN2O/c1-13-10(6-14)8-3-2-7(5-12)4-9(8)11/h2-4,10,13-14H,6H2,1H3/t10-/m0/s1. The van der Waals surface area contributed by atoms with E-state index in [9.17, 15) is 0 Å². The van der Waals surface area contributed by atoms with Crippen molar-refractivity contribution in [1.29, 1.82) is 5.26 Å². The van der Waals surface area contributed by atoms with E-state index < -0.39 is 0 Å². The SMILES string of the molecule is CN[C@@H](CO)c1ccc(C#N)cc1Cl. The number of aliphatic hydroxyl groups is 1. The van der Waals surface area contributed by atoms with Crippen LogP contribution >= 0.6 is 11.6 Å². The van der Waals surface area contributed by atoms with E-state index in [2.05, 4.69) is 5.32 Å². The van der Waals surface area contributed by atoms with E-state index in [1.165, 1.54) is 0 Å². The van der Waals surface area contributed by atoms with E-state index in [-0.39, 0.29) is 12.6 Å². The summed E-state index contributed by atoms with van der Waals surface area (Å²) in [6.45, 7) is -0.0257. The van der Waals surface area contributed by atoms with Gasteiger partial charge in [-0.15, -0.1) is 0 Å². The number of aliphatic hydroxyl groups excluding tert-OH is 1. The van der Waals surface area contributed by atoms with Crippen LogP contribution in [0.3, 0.4) is 0 Å². The van der Waals surface area contributed by atoms with Gasteiger partial charge in [0.05, 0.1) is 24.3 Å². The van der Waals surface area contributed by atoms with E-state index in [0.717, 1.165) is 5.56 Å². The number of hydrogen-bond acceptors (Lipinski definition) is 3. The minimum Gasteiger partial charge on any atom is -0.394 e. The summed E-state index contributed by atoms with van der Waals surface area (Å²) < 4.78 is 0. The summed E-state index contributed by atoms with van der Waals surface area (Å²) in [7, 11) is 1.75. The molecule has 0 aliphatic carbocycles. The molecule has 0 spiro atoms. The van der Waals surface area contributed by atoms with Crippen LogP contribution in [0.4, 0.5) is 0 Å². The second kappa shape index (κ2) is 4.97. The first-order chi connectivity index (χ1) is 6.72. The van der Waals surface area contributed by atoms with Gasteiger partial charge >= 0.3 is 0 Å². The van der Waals surface area contributed by atoms with Crippen molar-refractivity contribution < 1.29 is 5.11 Å². The predicted octanol–water partition coefficient (Wildman–Crippen LogP) is 1.46. The summed E-state index contributed by atoms with van der Waals surface area (Å²) >= 11 is 5.96. The van der Waals surface area contributed by atoms with Crippen LogP contribution in [0.2, 0.25) is 5.02 Å². The molecule has 2 N–H and O–H groups in total. The van der Waals surface area contributed by atoms with Gasteiger partial charge in [-0.2, -0.15) is 5.26 Å². The largest absolute Gasteiger partial charge is 0.394 e. The third kappa shape index (κ3) is 2.24. The summed E-state index contributed by atoms with van der Waals surface area (Å²) in [6.07, 6.45) is 0. The Kier molecular flexibility index (Phi) is 3.90. The predicted molar refractivity (Wildman–Crippen MR) is 55.1 cm³/mol. The number of likely N-dealkylation sites (N-methyl/N-ethyl adjacent to an activating group) is 1. The van der Waals surface area contributed by atoms with Crippen molar-refractivity contribution in [3.05, 3.63) is 34.3 Å². The highest BCUT2D eigenvalue weighted by atomic mass is 35.5. The molecule has 0 aromatic heterocycles. The van der Waals surface area contributed by atoms with Crippen LogP contribution < -0.4 is 5.32 Å². The van der Waals surface area contributed by atoms with Crippen LogP contribution in [-0.2, 0) is 0 Å². The zero-order chi connectivity index (χ0) is 10.6. The normalized spacial score (nSPS) is 12.1. The highest BCUT2D eigenvalue weighted by Gasteiger charge is 2.11. The van der Waals surface area contributed by atoms with E-state index in [1.807, 2.05) is 6.07 Å². The Bertz CT molecular complexity index is 356. The number of halogens is 1. The number of benzene rings is 1. The number of nitrogens with zero attached hydrogens (tertiary/aromatic N) is 1. The second-order valence-electron chi connectivity index (χ2n) is 2.87. The topological polar surface area (TPSA) is 56.0 Å². The molecule has 4 heteroatoms. The Balaban J connectivity index is 3.05. The fourth-order valence-corrected chi connectivity index (χ4v) is 1.54. The van der Waals surface area contributed by atoms with Gasteiger partial charge in [-0.1, -0.05) is 17.7 Å². The molecule has 1 atom stereocenters. The van der Waals surface area contributed by atoms with E-state index >= 15 is 0 Å². The Hall–Kier alpha value is -1.08. The van der Waals surface area contributed by atoms with Gasteiger partial charge in [-0.25, -0.2) is 0 Å². The lowest BCUT2D eigenvalue weighted by molar-refractivity contribution is 0.251. The van der Waals surface area contributed by atoms with E-state index in [1.54, 1.807) is 25.2 Å². The molecule has 1 aromatic rings. The summed E-state index contributed by atoms with van der Waals surface area (Å²) in [6, 6.07) is 6.84. The van der Waals surface area contributed by atoms with Crippen LogP contribution in [0.15, 0.2) is 18.2 Å². The Labute approximate surface area is 87.9 Å². The maximum atomic E-state index is 9.04. The molecule has 0 aliphatic heterocycles. The van der Waals surface area contributed by atoms with Crippen molar-refractivity contribution in [2.45, 2.75) is 6.04 Å². The lowest BCUT2D eigenvalue weighted by atomic mass is 10.1. The van der Waals surface area contributed by atoms with Gasteiger partial charge in [-0.05, 0) is 24.7 Å². The molecule has 3 nitrogen and oxygen atoms in total. The first-order valence-corrected chi connectivity index (χ1v) is 4.58. The van der Waals surface area contributed by atoms with Crippen LogP contribution in [-0.4, -0.2) is 18.8 Å². The molecule has 0 bridgehead atoms. The van der Waals surface area contributed by atoms with Crippen molar-refractivity contribution in [2.75, 3.05) is 13.7 Å². The minimum atomic E-state index is -0.185. The van der Waals surface area contributed by atoms with Crippen molar-refractivity contribution >= 4 is 11.6 Å². The molecule has 1 rings (SSSR count).